The first kappa shape index (κ1) is 15.7. The first-order chi connectivity index (χ1) is 8.95. The van der Waals surface area contributed by atoms with Crippen molar-refractivity contribution in [3.05, 3.63) is 34.9 Å². The molecule has 106 valence electrons. The van der Waals surface area contributed by atoms with Gasteiger partial charge in [0.05, 0.1) is 13.0 Å². The average Bonchev–Trinajstić information content (AvgIpc) is 2.37. The Morgan fingerprint density at radius 1 is 1.32 bits per heavy atom. The summed E-state index contributed by atoms with van der Waals surface area (Å²) >= 11 is 0. The van der Waals surface area contributed by atoms with Crippen LogP contribution in [0, 0.1) is 25.7 Å². The molecule has 0 aliphatic heterocycles. The average molecular weight is 263 g/mol. The van der Waals surface area contributed by atoms with Crippen molar-refractivity contribution in [3.8, 4) is 0 Å². The number of rotatable bonds is 6. The van der Waals surface area contributed by atoms with E-state index in [2.05, 4.69) is 37.4 Å². The summed E-state index contributed by atoms with van der Waals surface area (Å²) < 4.78 is 4.84. The van der Waals surface area contributed by atoms with Crippen LogP contribution in [0.3, 0.4) is 0 Å². The van der Waals surface area contributed by atoms with Gasteiger partial charge >= 0.3 is 5.97 Å². The molecule has 0 aromatic heterocycles. The van der Waals surface area contributed by atoms with Gasteiger partial charge in [0.25, 0.3) is 0 Å². The van der Waals surface area contributed by atoms with Gasteiger partial charge in [0.2, 0.25) is 0 Å². The summed E-state index contributed by atoms with van der Waals surface area (Å²) in [5.74, 6) is 0.0529. The molecule has 0 amide bonds. The van der Waals surface area contributed by atoms with Crippen molar-refractivity contribution in [2.45, 2.75) is 34.2 Å². The van der Waals surface area contributed by atoms with Crippen molar-refractivity contribution in [1.82, 2.24) is 5.32 Å². The van der Waals surface area contributed by atoms with E-state index in [1.165, 1.54) is 23.8 Å². The molecule has 0 spiro atoms. The summed E-state index contributed by atoms with van der Waals surface area (Å²) in [4.78, 5) is 11.7. The van der Waals surface area contributed by atoms with Crippen molar-refractivity contribution in [3.63, 3.8) is 0 Å². The number of nitrogens with one attached hydrogen (secondary N) is 1. The first-order valence-corrected chi connectivity index (χ1v) is 6.80. The van der Waals surface area contributed by atoms with Gasteiger partial charge in [0, 0.05) is 13.1 Å². The second kappa shape index (κ2) is 7.29. The number of esters is 1. The van der Waals surface area contributed by atoms with Gasteiger partial charge in [-0.1, -0.05) is 37.6 Å². The van der Waals surface area contributed by atoms with E-state index in [4.69, 9.17) is 4.74 Å². The van der Waals surface area contributed by atoms with Crippen LogP contribution in [-0.2, 0) is 16.1 Å². The number of hydrogen-bond acceptors (Lipinski definition) is 3. The molecule has 0 heterocycles. The molecule has 0 saturated heterocycles. The molecule has 19 heavy (non-hydrogen) atoms. The van der Waals surface area contributed by atoms with Crippen LogP contribution in [0.1, 0.15) is 30.5 Å². The van der Waals surface area contributed by atoms with E-state index < -0.39 is 0 Å². The van der Waals surface area contributed by atoms with Crippen LogP contribution < -0.4 is 5.32 Å². The lowest BCUT2D eigenvalue weighted by atomic mass is 9.96. The lowest BCUT2D eigenvalue weighted by molar-refractivity contribution is -0.146. The molecule has 1 atom stereocenters. The van der Waals surface area contributed by atoms with E-state index in [9.17, 15) is 4.79 Å². The quantitative estimate of drug-likeness (QED) is 0.802. The maximum absolute atomic E-state index is 11.7. The minimum Gasteiger partial charge on any atom is -0.469 e. The molecule has 0 radical (unpaired) electrons. The van der Waals surface area contributed by atoms with Crippen molar-refractivity contribution in [1.29, 1.82) is 0 Å². The predicted octanol–water partition coefficient (Wildman–Crippen LogP) is 2.84. The third-order valence-electron chi connectivity index (χ3n) is 3.49. The van der Waals surface area contributed by atoms with Gasteiger partial charge in [0.1, 0.15) is 0 Å². The smallest absolute Gasteiger partial charge is 0.310 e. The molecule has 1 rings (SSSR count). The zero-order valence-electron chi connectivity index (χ0n) is 12.6. The molecule has 0 aliphatic rings. The largest absolute Gasteiger partial charge is 0.469 e. The number of carbonyl (C=O) groups is 1. The third kappa shape index (κ3) is 4.67. The minimum atomic E-state index is -0.136. The highest BCUT2D eigenvalue weighted by atomic mass is 16.5. The summed E-state index contributed by atoms with van der Waals surface area (Å²) in [6, 6.07) is 6.43. The van der Waals surface area contributed by atoms with E-state index in [1.54, 1.807) is 0 Å². The molecule has 1 aromatic rings. The molecular weight excluding hydrogens is 238 g/mol. The maximum atomic E-state index is 11.7. The zero-order chi connectivity index (χ0) is 14.4. The number of ether oxygens (including phenoxy) is 1. The molecule has 0 bridgehead atoms. The van der Waals surface area contributed by atoms with Crippen molar-refractivity contribution in [2.24, 2.45) is 11.8 Å². The maximum Gasteiger partial charge on any atom is 0.310 e. The molecule has 3 nitrogen and oxygen atoms in total. The molecule has 0 saturated carbocycles. The number of aryl methyl sites for hydroxylation is 2. The van der Waals surface area contributed by atoms with E-state index in [0.29, 0.717) is 6.54 Å². The number of methoxy groups -OCH3 is 1. The Labute approximate surface area is 116 Å². The van der Waals surface area contributed by atoms with Crippen LogP contribution in [0.5, 0.6) is 0 Å². The first-order valence-electron chi connectivity index (χ1n) is 6.80. The Hall–Kier alpha value is -1.35. The molecular formula is C16H25NO2. The van der Waals surface area contributed by atoms with Crippen molar-refractivity contribution in [2.75, 3.05) is 13.7 Å². The second-order valence-corrected chi connectivity index (χ2v) is 5.43. The van der Waals surface area contributed by atoms with Crippen LogP contribution in [0.4, 0.5) is 0 Å². The Kier molecular flexibility index (Phi) is 6.03. The lowest BCUT2D eigenvalue weighted by Crippen LogP contribution is -2.32. The number of carbonyl (C=O) groups excluding carboxylic acids is 1. The Morgan fingerprint density at radius 2 is 2.00 bits per heavy atom. The van der Waals surface area contributed by atoms with Gasteiger partial charge < -0.3 is 10.1 Å². The fourth-order valence-electron chi connectivity index (χ4n) is 2.10. The SMILES string of the molecule is COC(=O)C(CNCc1cc(C)ccc1C)C(C)C. The monoisotopic (exact) mass is 263 g/mol. The fraction of sp³-hybridized carbons (Fsp3) is 0.562. The van der Waals surface area contributed by atoms with Gasteiger partial charge in [-0.3, -0.25) is 4.79 Å². The molecule has 3 heteroatoms. The molecule has 1 aromatic carbocycles. The molecule has 0 fully saturated rings. The van der Waals surface area contributed by atoms with E-state index in [-0.39, 0.29) is 17.8 Å². The second-order valence-electron chi connectivity index (χ2n) is 5.43. The van der Waals surface area contributed by atoms with Gasteiger partial charge in [-0.15, -0.1) is 0 Å². The number of hydrogen-bond donors (Lipinski definition) is 1. The van der Waals surface area contributed by atoms with Crippen LogP contribution in [0.15, 0.2) is 18.2 Å². The van der Waals surface area contributed by atoms with Crippen LogP contribution in [-0.4, -0.2) is 19.6 Å². The summed E-state index contributed by atoms with van der Waals surface area (Å²) in [5.41, 5.74) is 3.82. The third-order valence-corrected chi connectivity index (χ3v) is 3.49. The highest BCUT2D eigenvalue weighted by molar-refractivity contribution is 5.72. The number of benzene rings is 1. The Bertz CT molecular complexity index is 427. The molecule has 0 aliphatic carbocycles. The Balaban J connectivity index is 2.57. The standard InChI is InChI=1S/C16H25NO2/c1-11(2)15(16(18)19-5)10-17-9-14-8-12(3)6-7-13(14)4/h6-8,11,15,17H,9-10H2,1-5H3. The summed E-state index contributed by atoms with van der Waals surface area (Å²) in [5, 5.41) is 3.37. The normalized spacial score (nSPS) is 12.5. The van der Waals surface area contributed by atoms with E-state index in [0.717, 1.165) is 6.54 Å². The van der Waals surface area contributed by atoms with E-state index in [1.807, 2.05) is 13.8 Å². The van der Waals surface area contributed by atoms with Gasteiger partial charge in [-0.05, 0) is 30.9 Å². The Morgan fingerprint density at radius 3 is 2.58 bits per heavy atom. The molecule has 1 unspecified atom stereocenters. The highest BCUT2D eigenvalue weighted by Crippen LogP contribution is 2.13. The van der Waals surface area contributed by atoms with Crippen LogP contribution in [0.2, 0.25) is 0 Å². The summed E-state index contributed by atoms with van der Waals surface area (Å²) in [6.07, 6.45) is 0. The summed E-state index contributed by atoms with van der Waals surface area (Å²) in [6.45, 7) is 9.72. The lowest BCUT2D eigenvalue weighted by Gasteiger charge is -2.19. The highest BCUT2D eigenvalue weighted by Gasteiger charge is 2.22. The van der Waals surface area contributed by atoms with E-state index >= 15 is 0 Å². The summed E-state index contributed by atoms with van der Waals surface area (Å²) in [7, 11) is 1.45. The van der Waals surface area contributed by atoms with Gasteiger partial charge in [-0.25, -0.2) is 0 Å². The predicted molar refractivity (Wildman–Crippen MR) is 78.0 cm³/mol. The molecule has 1 N–H and O–H groups in total. The fourth-order valence-corrected chi connectivity index (χ4v) is 2.10. The topological polar surface area (TPSA) is 38.3 Å². The van der Waals surface area contributed by atoms with Crippen LogP contribution >= 0.6 is 0 Å². The van der Waals surface area contributed by atoms with Crippen molar-refractivity contribution < 1.29 is 9.53 Å². The van der Waals surface area contributed by atoms with Crippen LogP contribution in [0.25, 0.3) is 0 Å². The van der Waals surface area contributed by atoms with Crippen molar-refractivity contribution >= 4 is 5.97 Å². The zero-order valence-corrected chi connectivity index (χ0v) is 12.6. The van der Waals surface area contributed by atoms with Gasteiger partial charge in [0.15, 0.2) is 0 Å². The minimum absolute atomic E-state index is 0.0879. The van der Waals surface area contributed by atoms with Gasteiger partial charge in [-0.2, -0.15) is 0 Å².